The van der Waals surface area contributed by atoms with Crippen LogP contribution in [0.2, 0.25) is 0 Å². The average Bonchev–Trinajstić information content (AvgIpc) is 3.02. The predicted molar refractivity (Wildman–Crippen MR) is 100 cm³/mol. The van der Waals surface area contributed by atoms with Crippen LogP contribution in [-0.2, 0) is 19.0 Å². The Kier molecular flexibility index (Phi) is 4.55. The second kappa shape index (κ2) is 6.91. The number of aliphatic hydroxyl groups excluding tert-OH is 1. The Morgan fingerprint density at radius 2 is 1.89 bits per heavy atom. The number of benzene rings is 2. The molecule has 0 spiro atoms. The summed E-state index contributed by atoms with van der Waals surface area (Å²) in [5.74, 6) is 0.541. The van der Waals surface area contributed by atoms with E-state index in [4.69, 9.17) is 0 Å². The van der Waals surface area contributed by atoms with E-state index in [0.717, 1.165) is 28.9 Å². The minimum absolute atomic E-state index is 0.381. The summed E-state index contributed by atoms with van der Waals surface area (Å²) in [4.78, 5) is 8.44. The van der Waals surface area contributed by atoms with Crippen LogP contribution in [0.25, 0.3) is 11.3 Å². The van der Waals surface area contributed by atoms with E-state index >= 15 is 0 Å². The van der Waals surface area contributed by atoms with E-state index in [0.29, 0.717) is 35.5 Å². The standard InChI is InChI=1S/C21H18F3N3O/c1-12-7-14(21(22,23)24)5-6-16(12)19-10-20(26-11-25-19)27-18-4-2-3-13-8-15(28)9-17(13)18/h2-7,10-11,15,28H,8-9H2,1H3,(H,25,26,27). The molecule has 28 heavy (non-hydrogen) atoms. The molecule has 1 unspecified atom stereocenters. The summed E-state index contributed by atoms with van der Waals surface area (Å²) in [5, 5.41) is 13.2. The summed E-state index contributed by atoms with van der Waals surface area (Å²) in [6.45, 7) is 1.63. The molecule has 4 nitrogen and oxygen atoms in total. The van der Waals surface area contributed by atoms with Gasteiger partial charge in [0.25, 0.3) is 0 Å². The van der Waals surface area contributed by atoms with Crippen LogP contribution in [-0.4, -0.2) is 21.2 Å². The van der Waals surface area contributed by atoms with Gasteiger partial charge in [-0.3, -0.25) is 0 Å². The Bertz CT molecular complexity index is 1030. The minimum Gasteiger partial charge on any atom is -0.392 e. The molecule has 7 heteroatoms. The lowest BCUT2D eigenvalue weighted by molar-refractivity contribution is -0.137. The fourth-order valence-corrected chi connectivity index (χ4v) is 3.58. The van der Waals surface area contributed by atoms with Gasteiger partial charge < -0.3 is 10.4 Å². The van der Waals surface area contributed by atoms with Crippen LogP contribution in [0.15, 0.2) is 48.8 Å². The second-order valence-electron chi connectivity index (χ2n) is 6.95. The summed E-state index contributed by atoms with van der Waals surface area (Å²) in [6, 6.07) is 11.2. The van der Waals surface area contributed by atoms with Gasteiger partial charge >= 0.3 is 6.18 Å². The molecule has 2 N–H and O–H groups in total. The number of fused-ring (bicyclic) bond motifs is 1. The number of aryl methyl sites for hydroxylation is 1. The molecule has 1 aromatic heterocycles. The molecule has 2 aromatic carbocycles. The van der Waals surface area contributed by atoms with Crippen LogP contribution in [0.3, 0.4) is 0 Å². The van der Waals surface area contributed by atoms with E-state index in [1.807, 2.05) is 18.2 Å². The third-order valence-corrected chi connectivity index (χ3v) is 4.93. The molecule has 0 amide bonds. The normalized spacial score (nSPS) is 16.1. The predicted octanol–water partition coefficient (Wildman–Crippen LogP) is 4.67. The Morgan fingerprint density at radius 3 is 2.64 bits per heavy atom. The van der Waals surface area contributed by atoms with Crippen LogP contribution in [0, 0.1) is 6.92 Å². The fourth-order valence-electron chi connectivity index (χ4n) is 3.58. The zero-order valence-corrected chi connectivity index (χ0v) is 15.1. The Labute approximate surface area is 160 Å². The Balaban J connectivity index is 1.64. The van der Waals surface area contributed by atoms with Crippen molar-refractivity contribution in [3.8, 4) is 11.3 Å². The van der Waals surface area contributed by atoms with Gasteiger partial charge in [-0.25, -0.2) is 9.97 Å². The van der Waals surface area contributed by atoms with Gasteiger partial charge in [-0.05, 0) is 48.2 Å². The number of aliphatic hydroxyl groups is 1. The van der Waals surface area contributed by atoms with E-state index in [9.17, 15) is 18.3 Å². The van der Waals surface area contributed by atoms with Gasteiger partial charge in [0.2, 0.25) is 0 Å². The number of hydrogen-bond acceptors (Lipinski definition) is 4. The van der Waals surface area contributed by atoms with Crippen molar-refractivity contribution >= 4 is 11.5 Å². The van der Waals surface area contributed by atoms with Crippen molar-refractivity contribution in [3.05, 3.63) is 71.0 Å². The summed E-state index contributed by atoms with van der Waals surface area (Å²) < 4.78 is 38.7. The third-order valence-electron chi connectivity index (χ3n) is 4.93. The minimum atomic E-state index is -4.38. The maximum absolute atomic E-state index is 12.9. The van der Waals surface area contributed by atoms with Crippen molar-refractivity contribution in [2.45, 2.75) is 32.0 Å². The number of nitrogens with zero attached hydrogens (tertiary/aromatic N) is 2. The average molecular weight is 385 g/mol. The Hall–Kier alpha value is -2.93. The number of halogens is 3. The van der Waals surface area contributed by atoms with Crippen molar-refractivity contribution in [1.82, 2.24) is 9.97 Å². The van der Waals surface area contributed by atoms with E-state index in [1.54, 1.807) is 13.0 Å². The molecular weight excluding hydrogens is 367 g/mol. The highest BCUT2D eigenvalue weighted by atomic mass is 19.4. The quantitative estimate of drug-likeness (QED) is 0.688. The molecule has 4 rings (SSSR count). The van der Waals surface area contributed by atoms with Crippen LogP contribution in [0.5, 0.6) is 0 Å². The van der Waals surface area contributed by atoms with Crippen LogP contribution in [0.1, 0.15) is 22.3 Å². The molecule has 0 radical (unpaired) electrons. The van der Waals surface area contributed by atoms with E-state index in [2.05, 4.69) is 15.3 Å². The molecule has 144 valence electrons. The maximum Gasteiger partial charge on any atom is 0.416 e. The number of rotatable bonds is 3. The molecule has 1 heterocycles. The lowest BCUT2D eigenvalue weighted by atomic mass is 10.0. The highest BCUT2D eigenvalue weighted by Gasteiger charge is 2.30. The van der Waals surface area contributed by atoms with E-state index < -0.39 is 11.7 Å². The summed E-state index contributed by atoms with van der Waals surface area (Å²) in [7, 11) is 0. The fraction of sp³-hybridized carbons (Fsp3) is 0.238. The highest BCUT2D eigenvalue weighted by Crippen LogP contribution is 2.34. The van der Waals surface area contributed by atoms with E-state index in [1.165, 1.54) is 12.4 Å². The lowest BCUT2D eigenvalue weighted by Gasteiger charge is -2.13. The van der Waals surface area contributed by atoms with Crippen molar-refractivity contribution < 1.29 is 18.3 Å². The van der Waals surface area contributed by atoms with Crippen molar-refractivity contribution in [1.29, 1.82) is 0 Å². The van der Waals surface area contributed by atoms with Gasteiger partial charge in [0.1, 0.15) is 12.1 Å². The van der Waals surface area contributed by atoms with Crippen molar-refractivity contribution in [2.75, 3.05) is 5.32 Å². The first-order valence-corrected chi connectivity index (χ1v) is 8.87. The number of nitrogens with one attached hydrogen (secondary N) is 1. The zero-order valence-electron chi connectivity index (χ0n) is 15.1. The molecule has 0 bridgehead atoms. The SMILES string of the molecule is Cc1cc(C(F)(F)F)ccc1-c1cc(Nc2cccc3c2CC(O)C3)ncn1. The molecule has 1 aliphatic rings. The van der Waals surface area contributed by atoms with Gasteiger partial charge in [0.15, 0.2) is 0 Å². The van der Waals surface area contributed by atoms with E-state index in [-0.39, 0.29) is 6.10 Å². The first-order chi connectivity index (χ1) is 13.3. The van der Waals surface area contributed by atoms with Gasteiger partial charge in [0.05, 0.1) is 17.4 Å². The molecule has 1 atom stereocenters. The number of alkyl halides is 3. The molecule has 0 saturated heterocycles. The topological polar surface area (TPSA) is 58.0 Å². The van der Waals surface area contributed by atoms with Crippen LogP contribution in [0.4, 0.5) is 24.7 Å². The molecule has 0 saturated carbocycles. The summed E-state index contributed by atoms with van der Waals surface area (Å²) >= 11 is 0. The molecule has 1 aliphatic carbocycles. The molecule has 3 aromatic rings. The monoisotopic (exact) mass is 385 g/mol. The van der Waals surface area contributed by atoms with Gasteiger partial charge in [-0.15, -0.1) is 0 Å². The third kappa shape index (κ3) is 3.57. The largest absolute Gasteiger partial charge is 0.416 e. The van der Waals surface area contributed by atoms with Gasteiger partial charge in [-0.2, -0.15) is 13.2 Å². The lowest BCUT2D eigenvalue weighted by Crippen LogP contribution is -2.05. The smallest absolute Gasteiger partial charge is 0.392 e. The first-order valence-electron chi connectivity index (χ1n) is 8.87. The van der Waals surface area contributed by atoms with Gasteiger partial charge in [-0.1, -0.05) is 18.2 Å². The second-order valence-corrected chi connectivity index (χ2v) is 6.95. The Morgan fingerprint density at radius 1 is 1.07 bits per heavy atom. The number of hydrogen-bond donors (Lipinski definition) is 2. The number of aromatic nitrogens is 2. The molecular formula is C21H18F3N3O. The summed E-state index contributed by atoms with van der Waals surface area (Å²) in [5.41, 5.74) is 3.99. The zero-order chi connectivity index (χ0) is 19.9. The molecule has 0 fully saturated rings. The van der Waals surface area contributed by atoms with Crippen molar-refractivity contribution in [3.63, 3.8) is 0 Å². The van der Waals surface area contributed by atoms with Crippen LogP contribution < -0.4 is 5.32 Å². The first kappa shape index (κ1) is 18.4. The summed E-state index contributed by atoms with van der Waals surface area (Å²) in [6.07, 6.45) is -2.17. The number of anilines is 2. The maximum atomic E-state index is 12.9. The van der Waals surface area contributed by atoms with Gasteiger partial charge in [0, 0.05) is 23.7 Å². The van der Waals surface area contributed by atoms with Crippen molar-refractivity contribution in [2.24, 2.45) is 0 Å². The highest BCUT2D eigenvalue weighted by molar-refractivity contribution is 5.70. The molecule has 0 aliphatic heterocycles. The van der Waals surface area contributed by atoms with Crippen LogP contribution >= 0.6 is 0 Å².